The molecule has 0 unspecified atom stereocenters. The van der Waals surface area contributed by atoms with Crippen molar-refractivity contribution in [3.05, 3.63) is 0 Å². The Hall–Kier alpha value is -1.63. The highest BCUT2D eigenvalue weighted by atomic mass is 16.7. The number of esters is 1. The fraction of sp³-hybridized carbons (Fsp3) is 0.914. The van der Waals surface area contributed by atoms with Gasteiger partial charge in [0.15, 0.2) is 12.1 Å². The topological polar surface area (TPSA) is 101 Å². The van der Waals surface area contributed by atoms with Crippen LogP contribution in [0.1, 0.15) is 73.6 Å². The van der Waals surface area contributed by atoms with Crippen LogP contribution in [0.5, 0.6) is 0 Å². The Balaban J connectivity index is 1.94. The molecule has 1 amide bonds. The molecule has 3 fully saturated rings. The summed E-state index contributed by atoms with van der Waals surface area (Å²) in [5, 5.41) is 0. The molecular formula is C35H64N4O7. The van der Waals surface area contributed by atoms with Crippen LogP contribution in [0.4, 0.5) is 0 Å². The number of rotatable bonds is 7. The second-order valence-corrected chi connectivity index (χ2v) is 15.7. The Bertz CT molecular complexity index is 1040. The maximum absolute atomic E-state index is 14.3. The molecule has 0 aromatic heterocycles. The van der Waals surface area contributed by atoms with Gasteiger partial charge in [0.2, 0.25) is 5.91 Å². The maximum Gasteiger partial charge on any atom is 0.319 e. The normalized spacial score (nSPS) is 37.4. The summed E-state index contributed by atoms with van der Waals surface area (Å²) in [6, 6.07) is 0.180. The van der Waals surface area contributed by atoms with E-state index in [1.165, 1.54) is 0 Å². The van der Waals surface area contributed by atoms with E-state index in [4.69, 9.17) is 18.9 Å². The molecule has 0 spiro atoms. The van der Waals surface area contributed by atoms with E-state index in [1.807, 2.05) is 37.7 Å². The van der Waals surface area contributed by atoms with Gasteiger partial charge in [-0.15, -0.1) is 0 Å². The Morgan fingerprint density at radius 2 is 1.72 bits per heavy atom. The summed E-state index contributed by atoms with van der Waals surface area (Å²) < 4.78 is 25.4. The molecule has 0 saturated carbocycles. The number of hydrogen-bond acceptors (Lipinski definition) is 10. The predicted octanol–water partition coefficient (Wildman–Crippen LogP) is 3.15. The number of carbonyl (C=O) groups is 3. The number of likely N-dealkylation sites (tertiary alicyclic amines) is 1. The van der Waals surface area contributed by atoms with Gasteiger partial charge in [0, 0.05) is 51.2 Å². The number of cyclic esters (lactones) is 1. The van der Waals surface area contributed by atoms with Crippen molar-refractivity contribution in [3.63, 3.8) is 0 Å². The van der Waals surface area contributed by atoms with Crippen LogP contribution >= 0.6 is 0 Å². The lowest BCUT2D eigenvalue weighted by Gasteiger charge is -2.45. The summed E-state index contributed by atoms with van der Waals surface area (Å²) in [6.07, 6.45) is 2.88. The second-order valence-electron chi connectivity index (χ2n) is 15.7. The Morgan fingerprint density at radius 3 is 2.33 bits per heavy atom. The minimum absolute atomic E-state index is 0.00512. The maximum atomic E-state index is 14.3. The lowest BCUT2D eigenvalue weighted by Crippen LogP contribution is -2.55. The van der Waals surface area contributed by atoms with Crippen LogP contribution in [0, 0.1) is 23.2 Å². The number of piperidine rings is 1. The Morgan fingerprint density at radius 1 is 1.04 bits per heavy atom. The molecule has 3 saturated heterocycles. The Labute approximate surface area is 278 Å². The summed E-state index contributed by atoms with van der Waals surface area (Å²) in [4.78, 5) is 49.3. The first kappa shape index (κ1) is 38.8. The highest BCUT2D eigenvalue weighted by Crippen LogP contribution is 2.38. The molecule has 3 aliphatic rings. The van der Waals surface area contributed by atoms with Gasteiger partial charge in [-0.2, -0.15) is 0 Å². The molecule has 0 bridgehead atoms. The van der Waals surface area contributed by atoms with Crippen LogP contribution in [0.3, 0.4) is 0 Å². The number of nitrogens with zero attached hydrogens (tertiary/aromatic N) is 4. The number of likely N-dealkylation sites (N-methyl/N-ethyl adjacent to an activating group) is 2. The largest absolute Gasteiger partial charge is 0.463 e. The van der Waals surface area contributed by atoms with Crippen molar-refractivity contribution < 1.29 is 33.3 Å². The molecule has 11 nitrogen and oxygen atoms in total. The molecule has 266 valence electrons. The van der Waals surface area contributed by atoms with Crippen LogP contribution in [0.25, 0.3) is 0 Å². The van der Waals surface area contributed by atoms with Crippen LogP contribution < -0.4 is 0 Å². The van der Waals surface area contributed by atoms with Gasteiger partial charge >= 0.3 is 5.97 Å². The summed E-state index contributed by atoms with van der Waals surface area (Å²) in [7, 11) is 11.7. The minimum atomic E-state index is -1.40. The van der Waals surface area contributed by atoms with E-state index < -0.39 is 35.3 Å². The molecule has 0 aliphatic carbocycles. The number of methoxy groups -OCH3 is 1. The average Bonchev–Trinajstić information content (AvgIpc) is 2.98. The van der Waals surface area contributed by atoms with Crippen LogP contribution in [-0.2, 0) is 33.3 Å². The molecular weight excluding hydrogens is 588 g/mol. The van der Waals surface area contributed by atoms with E-state index >= 15 is 0 Å². The highest BCUT2D eigenvalue weighted by molar-refractivity contribution is 6.04. The van der Waals surface area contributed by atoms with E-state index in [0.717, 1.165) is 32.4 Å². The molecule has 0 N–H and O–H groups in total. The van der Waals surface area contributed by atoms with E-state index in [-0.39, 0.29) is 48.3 Å². The minimum Gasteiger partial charge on any atom is -0.463 e. The smallest absolute Gasteiger partial charge is 0.319 e. The van der Waals surface area contributed by atoms with Crippen molar-refractivity contribution in [3.8, 4) is 0 Å². The second kappa shape index (κ2) is 16.2. The zero-order valence-corrected chi connectivity index (χ0v) is 30.8. The zero-order chi connectivity index (χ0) is 34.6. The summed E-state index contributed by atoms with van der Waals surface area (Å²) >= 11 is 0. The van der Waals surface area contributed by atoms with Crippen molar-refractivity contribution in [1.29, 1.82) is 0 Å². The Kier molecular flexibility index (Phi) is 13.7. The van der Waals surface area contributed by atoms with Gasteiger partial charge in [0.1, 0.15) is 12.0 Å². The van der Waals surface area contributed by atoms with Crippen LogP contribution in [0.15, 0.2) is 0 Å². The number of ether oxygens (including phenoxy) is 4. The van der Waals surface area contributed by atoms with Crippen LogP contribution in [0.2, 0.25) is 0 Å². The lowest BCUT2D eigenvalue weighted by molar-refractivity contribution is -0.263. The molecule has 3 rings (SSSR count). The quantitative estimate of drug-likeness (QED) is 0.301. The third-order valence-corrected chi connectivity index (χ3v) is 10.7. The van der Waals surface area contributed by atoms with Gasteiger partial charge in [-0.25, -0.2) is 0 Å². The number of hydrogen-bond donors (Lipinski definition) is 0. The number of ketones is 1. The van der Waals surface area contributed by atoms with Gasteiger partial charge in [-0.3, -0.25) is 19.3 Å². The monoisotopic (exact) mass is 652 g/mol. The van der Waals surface area contributed by atoms with Crippen LogP contribution in [-0.4, -0.2) is 149 Å². The molecule has 0 aromatic rings. The number of carbonyl (C=O) groups excluding carboxylic acids is 3. The molecule has 9 atom stereocenters. The van der Waals surface area contributed by atoms with Gasteiger partial charge in [0.25, 0.3) is 0 Å². The fourth-order valence-corrected chi connectivity index (χ4v) is 7.93. The number of Topliss-reactive ketones (excluding diaryl/α,β-unsaturated/α-hetero) is 1. The lowest BCUT2D eigenvalue weighted by atomic mass is 9.74. The first-order chi connectivity index (χ1) is 21.4. The van der Waals surface area contributed by atoms with Gasteiger partial charge in [-0.05, 0) is 100 Å². The van der Waals surface area contributed by atoms with E-state index in [0.29, 0.717) is 25.9 Å². The molecule has 46 heavy (non-hydrogen) atoms. The highest BCUT2D eigenvalue weighted by Gasteiger charge is 2.50. The molecule has 11 heteroatoms. The van der Waals surface area contributed by atoms with Crippen molar-refractivity contribution >= 4 is 17.7 Å². The van der Waals surface area contributed by atoms with Crippen molar-refractivity contribution in [2.24, 2.45) is 23.2 Å². The first-order valence-corrected chi connectivity index (χ1v) is 17.3. The standard InChI is InChI=1S/C35H64N4O7/c1-23-18-35(6,43-12)32(46-30-17-27(37(9)10)16-24(2)45-30)25(3)31(41)34(4,5)33(42)44-22-28(38(11)19-23)26-14-13-15-39(20-26)29(40)21-36(7)8/h23-28,30,32H,13-22H2,1-12H3/t23-,24-,25+,26+,27+,28+,30+,32-,35-/m1/s1. The SMILES string of the molecule is CO[C@]1(C)C[C@@H](C)CN(C)[C@H]([C@H]2CCCN(C(=O)CN(C)C)C2)COC(=O)C(C)(C)C(=O)[C@H](C)[C@H]1O[C@H]1C[C@@H](N(C)C)C[C@@H](C)O1. The summed E-state index contributed by atoms with van der Waals surface area (Å²) in [6.45, 7) is 14.0. The predicted molar refractivity (Wildman–Crippen MR) is 178 cm³/mol. The first-order valence-electron chi connectivity index (χ1n) is 17.3. The molecule has 0 aromatic carbocycles. The fourth-order valence-electron chi connectivity index (χ4n) is 7.93. The molecule has 0 radical (unpaired) electrons. The van der Waals surface area contributed by atoms with E-state index in [9.17, 15) is 14.4 Å². The van der Waals surface area contributed by atoms with Gasteiger partial charge in [0.05, 0.1) is 24.4 Å². The molecule has 3 heterocycles. The van der Waals surface area contributed by atoms with Gasteiger partial charge < -0.3 is 33.6 Å². The molecule has 3 aliphatic heterocycles. The van der Waals surface area contributed by atoms with Gasteiger partial charge in [-0.1, -0.05) is 13.8 Å². The van der Waals surface area contributed by atoms with E-state index in [2.05, 4.69) is 44.8 Å². The van der Waals surface area contributed by atoms with Crippen molar-refractivity contribution in [2.45, 2.75) is 110 Å². The average molecular weight is 653 g/mol. The van der Waals surface area contributed by atoms with Crippen molar-refractivity contribution in [1.82, 2.24) is 19.6 Å². The number of amides is 1. The third kappa shape index (κ3) is 9.50. The zero-order valence-electron chi connectivity index (χ0n) is 30.8. The summed E-state index contributed by atoms with van der Waals surface area (Å²) in [5.74, 6) is -1.04. The summed E-state index contributed by atoms with van der Waals surface area (Å²) in [5.41, 5.74) is -2.23. The van der Waals surface area contributed by atoms with E-state index in [1.54, 1.807) is 21.0 Å². The van der Waals surface area contributed by atoms with Crippen molar-refractivity contribution in [2.75, 3.05) is 75.1 Å². The third-order valence-electron chi connectivity index (χ3n) is 10.7.